The molecular formula is C13H18O8S. The summed E-state index contributed by atoms with van der Waals surface area (Å²) in [5.74, 6) is -2.48. The topological polar surface area (TPSA) is 105 Å². The quantitative estimate of drug-likeness (QED) is 0.426. The molecule has 0 amide bonds. The number of carbonyl (C=O) groups excluding carboxylic acids is 4. The van der Waals surface area contributed by atoms with E-state index in [1.165, 1.54) is 13.8 Å². The number of rotatable bonds is 5. The van der Waals surface area contributed by atoms with Crippen LogP contribution in [0.3, 0.4) is 0 Å². The van der Waals surface area contributed by atoms with Crippen LogP contribution in [0.4, 0.5) is 0 Å². The SMILES string of the molecule is CC(=O)OC[C@H]1O[C@](S)(C(C)=O)[C@H](OC(C)=O)[C@@H]1OC(C)=O. The summed E-state index contributed by atoms with van der Waals surface area (Å²) in [4.78, 5) is 43.5. The van der Waals surface area contributed by atoms with Gasteiger partial charge in [0.2, 0.25) is 4.93 Å². The van der Waals surface area contributed by atoms with E-state index in [1.807, 2.05) is 0 Å². The van der Waals surface area contributed by atoms with Gasteiger partial charge in [0.25, 0.3) is 0 Å². The van der Waals surface area contributed by atoms with Crippen molar-refractivity contribution in [2.24, 2.45) is 0 Å². The Kier molecular flexibility index (Phi) is 5.95. The van der Waals surface area contributed by atoms with Gasteiger partial charge in [0, 0.05) is 20.8 Å². The number of hydrogen-bond donors (Lipinski definition) is 1. The summed E-state index contributed by atoms with van der Waals surface area (Å²) in [7, 11) is 0. The lowest BCUT2D eigenvalue weighted by Crippen LogP contribution is -2.48. The Bertz CT molecular complexity index is 490. The van der Waals surface area contributed by atoms with Crippen LogP contribution in [0.5, 0.6) is 0 Å². The molecule has 124 valence electrons. The van der Waals surface area contributed by atoms with E-state index >= 15 is 0 Å². The van der Waals surface area contributed by atoms with Gasteiger partial charge in [-0.3, -0.25) is 19.2 Å². The van der Waals surface area contributed by atoms with Crippen LogP contribution >= 0.6 is 12.6 Å². The van der Waals surface area contributed by atoms with Gasteiger partial charge in [0.05, 0.1) is 0 Å². The summed E-state index contributed by atoms with van der Waals surface area (Å²) in [6, 6.07) is 0. The van der Waals surface area contributed by atoms with Gasteiger partial charge in [-0.05, 0) is 6.92 Å². The van der Waals surface area contributed by atoms with Crippen molar-refractivity contribution in [3.8, 4) is 0 Å². The maximum atomic E-state index is 11.8. The van der Waals surface area contributed by atoms with Crippen LogP contribution in [0.2, 0.25) is 0 Å². The van der Waals surface area contributed by atoms with Gasteiger partial charge in [0.1, 0.15) is 12.7 Å². The molecule has 0 aromatic carbocycles. The van der Waals surface area contributed by atoms with Crippen molar-refractivity contribution in [1.82, 2.24) is 0 Å². The number of hydrogen-bond acceptors (Lipinski definition) is 9. The molecule has 0 bridgehead atoms. The van der Waals surface area contributed by atoms with Crippen LogP contribution < -0.4 is 0 Å². The second kappa shape index (κ2) is 7.10. The van der Waals surface area contributed by atoms with Crippen molar-refractivity contribution in [2.45, 2.75) is 50.9 Å². The minimum Gasteiger partial charge on any atom is -0.463 e. The maximum absolute atomic E-state index is 11.8. The highest BCUT2D eigenvalue weighted by molar-refractivity contribution is 7.82. The zero-order valence-corrected chi connectivity index (χ0v) is 13.5. The monoisotopic (exact) mass is 334 g/mol. The predicted molar refractivity (Wildman–Crippen MR) is 75.0 cm³/mol. The maximum Gasteiger partial charge on any atom is 0.303 e. The fourth-order valence-corrected chi connectivity index (χ4v) is 2.38. The molecule has 1 fully saturated rings. The molecule has 1 heterocycles. The van der Waals surface area contributed by atoms with Gasteiger partial charge in [-0.2, -0.15) is 0 Å². The molecule has 0 unspecified atom stereocenters. The largest absolute Gasteiger partial charge is 0.463 e. The summed E-state index contributed by atoms with van der Waals surface area (Å²) in [6.07, 6.45) is -3.36. The van der Waals surface area contributed by atoms with E-state index in [-0.39, 0.29) is 6.61 Å². The van der Waals surface area contributed by atoms with Crippen molar-refractivity contribution in [2.75, 3.05) is 6.61 Å². The summed E-state index contributed by atoms with van der Waals surface area (Å²) < 4.78 is 20.4. The third-order valence-electron chi connectivity index (χ3n) is 2.93. The number of ketones is 1. The second-order valence-corrected chi connectivity index (χ2v) is 5.48. The van der Waals surface area contributed by atoms with Crippen LogP contribution in [0.1, 0.15) is 27.7 Å². The van der Waals surface area contributed by atoms with E-state index in [2.05, 4.69) is 12.6 Å². The molecule has 1 aliphatic heterocycles. The fourth-order valence-electron chi connectivity index (χ4n) is 2.05. The van der Waals surface area contributed by atoms with Crippen LogP contribution in [0, 0.1) is 0 Å². The summed E-state index contributed by atoms with van der Waals surface area (Å²) >= 11 is 4.15. The molecule has 4 atom stereocenters. The predicted octanol–water partition coefficient (Wildman–Crippen LogP) is 0.0268. The van der Waals surface area contributed by atoms with E-state index in [0.29, 0.717) is 0 Å². The Morgan fingerprint density at radius 1 is 1.00 bits per heavy atom. The Labute approximate surface area is 132 Å². The van der Waals surface area contributed by atoms with Gasteiger partial charge < -0.3 is 18.9 Å². The zero-order valence-electron chi connectivity index (χ0n) is 12.7. The van der Waals surface area contributed by atoms with Crippen molar-refractivity contribution >= 4 is 36.3 Å². The molecule has 0 N–H and O–H groups in total. The molecule has 0 aromatic heterocycles. The van der Waals surface area contributed by atoms with Crippen LogP contribution in [0.15, 0.2) is 0 Å². The lowest BCUT2D eigenvalue weighted by atomic mass is 10.0. The number of thiol groups is 1. The number of esters is 3. The molecule has 0 saturated carbocycles. The molecule has 0 radical (unpaired) electrons. The molecule has 0 aliphatic carbocycles. The van der Waals surface area contributed by atoms with Crippen molar-refractivity contribution in [1.29, 1.82) is 0 Å². The van der Waals surface area contributed by atoms with Crippen LogP contribution in [-0.2, 0) is 38.1 Å². The van der Waals surface area contributed by atoms with Crippen molar-refractivity contribution < 1.29 is 38.1 Å². The smallest absolute Gasteiger partial charge is 0.303 e. The van der Waals surface area contributed by atoms with Gasteiger partial charge in [-0.1, -0.05) is 0 Å². The Morgan fingerprint density at radius 3 is 1.95 bits per heavy atom. The molecule has 1 saturated heterocycles. The summed E-state index contributed by atoms with van der Waals surface area (Å²) in [5.41, 5.74) is 0. The first kappa shape index (κ1) is 18.4. The van der Waals surface area contributed by atoms with Gasteiger partial charge in [0.15, 0.2) is 18.0 Å². The lowest BCUT2D eigenvalue weighted by molar-refractivity contribution is -0.166. The summed E-state index contributed by atoms with van der Waals surface area (Å²) in [6.45, 7) is 4.40. The zero-order chi connectivity index (χ0) is 17.1. The molecule has 22 heavy (non-hydrogen) atoms. The molecule has 1 aliphatic rings. The highest BCUT2D eigenvalue weighted by Gasteiger charge is 2.60. The first-order chi connectivity index (χ1) is 10.1. The Morgan fingerprint density at radius 2 is 1.55 bits per heavy atom. The van der Waals surface area contributed by atoms with Crippen molar-refractivity contribution in [3.05, 3.63) is 0 Å². The number of ether oxygens (including phenoxy) is 4. The molecule has 1 rings (SSSR count). The standard InChI is InChI=1S/C13H18O8S/c1-6(14)13(22)12(20-9(4)17)11(19-8(3)16)10(21-13)5-18-7(2)15/h10-12,22H,5H2,1-4H3/t10-,11-,12-,13+/m1/s1. The van der Waals surface area contributed by atoms with Crippen molar-refractivity contribution in [3.63, 3.8) is 0 Å². The molecular weight excluding hydrogens is 316 g/mol. The van der Waals surface area contributed by atoms with E-state index < -0.39 is 46.9 Å². The first-order valence-corrected chi connectivity index (χ1v) is 6.91. The van der Waals surface area contributed by atoms with Gasteiger partial charge in [-0.15, -0.1) is 12.6 Å². The minimum absolute atomic E-state index is 0.277. The normalized spacial score (nSPS) is 30.5. The third-order valence-corrected chi connectivity index (χ3v) is 3.61. The number of carbonyl (C=O) groups is 4. The molecule has 8 nitrogen and oxygen atoms in total. The minimum atomic E-state index is -1.80. The molecule has 0 spiro atoms. The van der Waals surface area contributed by atoms with Crippen LogP contribution in [-0.4, -0.2) is 53.5 Å². The molecule has 9 heteroatoms. The lowest BCUT2D eigenvalue weighted by Gasteiger charge is -2.27. The highest BCUT2D eigenvalue weighted by atomic mass is 32.1. The van der Waals surface area contributed by atoms with E-state index in [1.54, 1.807) is 0 Å². The van der Waals surface area contributed by atoms with Gasteiger partial charge >= 0.3 is 17.9 Å². The highest BCUT2D eigenvalue weighted by Crippen LogP contribution is 2.39. The Hall–Kier alpha value is -1.61. The summed E-state index contributed by atoms with van der Waals surface area (Å²) in [5, 5.41) is 0. The van der Waals surface area contributed by atoms with Gasteiger partial charge in [-0.25, -0.2) is 0 Å². The van der Waals surface area contributed by atoms with E-state index in [0.717, 1.165) is 13.8 Å². The second-order valence-electron chi connectivity index (χ2n) is 4.82. The fraction of sp³-hybridized carbons (Fsp3) is 0.692. The Balaban J connectivity index is 3.11. The average molecular weight is 334 g/mol. The van der Waals surface area contributed by atoms with E-state index in [4.69, 9.17) is 18.9 Å². The van der Waals surface area contributed by atoms with Crippen LogP contribution in [0.25, 0.3) is 0 Å². The third kappa shape index (κ3) is 4.20. The molecule has 0 aromatic rings. The average Bonchev–Trinajstić information content (AvgIpc) is 2.61. The number of Topliss-reactive ketones (excluding diaryl/α,β-unsaturated/α-hetero) is 1. The van der Waals surface area contributed by atoms with E-state index in [9.17, 15) is 19.2 Å². The first-order valence-electron chi connectivity index (χ1n) is 6.47.